The van der Waals surface area contributed by atoms with Gasteiger partial charge < -0.3 is 15.1 Å². The quantitative estimate of drug-likeness (QED) is 0.344. The van der Waals surface area contributed by atoms with E-state index in [1.807, 2.05) is 23.9 Å². The molecule has 1 saturated heterocycles. The minimum absolute atomic E-state index is 0.279. The van der Waals surface area contributed by atoms with Gasteiger partial charge in [0.15, 0.2) is 0 Å². The molecule has 3 heterocycles. The molecule has 1 aliphatic heterocycles. The van der Waals surface area contributed by atoms with Crippen molar-refractivity contribution in [3.63, 3.8) is 0 Å². The molecule has 11 heteroatoms. The molecule has 212 valence electrons. The van der Waals surface area contributed by atoms with E-state index in [1.54, 1.807) is 11.6 Å². The predicted octanol–water partition coefficient (Wildman–Crippen LogP) is 4.83. The molecule has 4 aromatic rings. The van der Waals surface area contributed by atoms with E-state index in [0.29, 0.717) is 34.6 Å². The number of halogens is 2. The molecule has 2 aromatic carbocycles. The maximum Gasteiger partial charge on any atom is 0.259 e. The van der Waals surface area contributed by atoms with E-state index in [0.717, 1.165) is 24.6 Å². The number of nitrogens with one attached hydrogen (secondary N) is 1. The first-order valence-electron chi connectivity index (χ1n) is 13.3. The normalized spacial score (nSPS) is 15.6. The summed E-state index contributed by atoms with van der Waals surface area (Å²) in [5.41, 5.74) is 1.88. The molecule has 1 aliphatic rings. The minimum atomic E-state index is -1.43. The highest BCUT2D eigenvalue weighted by molar-refractivity contribution is 7.84. The Morgan fingerprint density at radius 3 is 2.30 bits per heavy atom. The lowest BCUT2D eigenvalue weighted by molar-refractivity contribution is 0.532. The number of fused-ring (bicyclic) bond motifs is 1. The van der Waals surface area contributed by atoms with Gasteiger partial charge in [0.2, 0.25) is 0 Å². The Morgan fingerprint density at radius 1 is 0.950 bits per heavy atom. The molecule has 2 unspecified atom stereocenters. The molecule has 0 spiro atoms. The number of hydrogen-bond donors (Lipinski definition) is 1. The summed E-state index contributed by atoms with van der Waals surface area (Å²) in [6.07, 6.45) is 5.42. The fraction of sp³-hybridized carbons (Fsp3) is 0.379. The Labute approximate surface area is 234 Å². The Hall–Kier alpha value is -3.73. The van der Waals surface area contributed by atoms with Crippen LogP contribution in [0.25, 0.3) is 10.8 Å². The van der Waals surface area contributed by atoms with Crippen molar-refractivity contribution >= 4 is 38.8 Å². The lowest BCUT2D eigenvalue weighted by atomic mass is 9.99. The zero-order valence-electron chi connectivity index (χ0n) is 23.3. The molecule has 0 amide bonds. The fourth-order valence-corrected chi connectivity index (χ4v) is 6.00. The van der Waals surface area contributed by atoms with Gasteiger partial charge in [-0.2, -0.15) is 5.10 Å². The molecule has 1 N–H and O–H groups in total. The second kappa shape index (κ2) is 11.0. The molecule has 2 atom stereocenters. The van der Waals surface area contributed by atoms with Gasteiger partial charge >= 0.3 is 0 Å². The molecule has 1 fully saturated rings. The van der Waals surface area contributed by atoms with Crippen LogP contribution in [-0.2, 0) is 17.8 Å². The third-order valence-electron chi connectivity index (χ3n) is 7.51. The monoisotopic (exact) mass is 568 g/mol. The number of hydrogen-bond acceptors (Lipinski definition) is 6. The van der Waals surface area contributed by atoms with Crippen molar-refractivity contribution in [1.82, 2.24) is 14.3 Å². The van der Waals surface area contributed by atoms with E-state index in [2.05, 4.69) is 40.3 Å². The van der Waals surface area contributed by atoms with Crippen molar-refractivity contribution in [2.24, 2.45) is 7.05 Å². The summed E-state index contributed by atoms with van der Waals surface area (Å²) in [4.78, 5) is 18.2. The lowest BCUT2D eigenvalue weighted by Gasteiger charge is -2.37. The SMILES string of the molecule is CC(Nc1ccc(F)cc1S(C)=O)c1cc(F)cc2c(=O)n(C)c(N3CCN(c4cnn(C(C)C)c4)CC3)cc12. The zero-order chi connectivity index (χ0) is 28.7. The van der Waals surface area contributed by atoms with Crippen LogP contribution in [0.15, 0.2) is 58.5 Å². The molecular formula is C29H34F2N6O2S. The van der Waals surface area contributed by atoms with E-state index in [9.17, 15) is 17.8 Å². The van der Waals surface area contributed by atoms with Crippen LogP contribution in [0.5, 0.6) is 0 Å². The second-order valence-electron chi connectivity index (χ2n) is 10.5. The van der Waals surface area contributed by atoms with Gasteiger partial charge in [-0.25, -0.2) is 8.78 Å². The number of nitrogens with zero attached hydrogens (tertiary/aromatic N) is 5. The van der Waals surface area contributed by atoms with E-state index < -0.39 is 28.5 Å². The van der Waals surface area contributed by atoms with Gasteiger partial charge in [-0.3, -0.25) is 18.3 Å². The summed E-state index contributed by atoms with van der Waals surface area (Å²) in [5, 5.41) is 8.64. The minimum Gasteiger partial charge on any atom is -0.378 e. The van der Waals surface area contributed by atoms with Crippen LogP contribution >= 0.6 is 0 Å². The number of pyridine rings is 1. The topological polar surface area (TPSA) is 75.4 Å². The number of anilines is 3. The third-order valence-corrected chi connectivity index (χ3v) is 8.46. The summed E-state index contributed by atoms with van der Waals surface area (Å²) in [6, 6.07) is 8.51. The molecule has 2 aromatic heterocycles. The highest BCUT2D eigenvalue weighted by atomic mass is 32.2. The van der Waals surface area contributed by atoms with Crippen molar-refractivity contribution in [3.8, 4) is 0 Å². The van der Waals surface area contributed by atoms with Crippen molar-refractivity contribution in [2.45, 2.75) is 37.8 Å². The van der Waals surface area contributed by atoms with E-state index >= 15 is 0 Å². The van der Waals surface area contributed by atoms with Crippen LogP contribution in [-0.4, -0.2) is 51.0 Å². The number of aromatic nitrogens is 3. The summed E-state index contributed by atoms with van der Waals surface area (Å²) < 4.78 is 44.4. The molecule has 5 rings (SSSR count). The van der Waals surface area contributed by atoms with Crippen LogP contribution in [0.1, 0.15) is 38.4 Å². The van der Waals surface area contributed by atoms with E-state index in [4.69, 9.17) is 0 Å². The molecule has 0 bridgehead atoms. The summed E-state index contributed by atoms with van der Waals surface area (Å²) in [7, 11) is 0.279. The van der Waals surface area contributed by atoms with Crippen molar-refractivity contribution in [1.29, 1.82) is 0 Å². The van der Waals surface area contributed by atoms with Crippen LogP contribution < -0.4 is 20.7 Å². The molecular weight excluding hydrogens is 534 g/mol. The number of piperazine rings is 1. The smallest absolute Gasteiger partial charge is 0.259 e. The average molecular weight is 569 g/mol. The number of benzene rings is 2. The molecule has 0 aliphatic carbocycles. The van der Waals surface area contributed by atoms with Gasteiger partial charge in [0, 0.05) is 57.8 Å². The van der Waals surface area contributed by atoms with Gasteiger partial charge in [0.1, 0.15) is 17.5 Å². The largest absolute Gasteiger partial charge is 0.378 e. The molecule has 0 saturated carbocycles. The predicted molar refractivity (Wildman–Crippen MR) is 157 cm³/mol. The highest BCUT2D eigenvalue weighted by Crippen LogP contribution is 2.32. The van der Waals surface area contributed by atoms with Gasteiger partial charge in [-0.1, -0.05) is 0 Å². The first-order valence-corrected chi connectivity index (χ1v) is 14.9. The molecule has 40 heavy (non-hydrogen) atoms. The van der Waals surface area contributed by atoms with Crippen LogP contribution in [0.3, 0.4) is 0 Å². The highest BCUT2D eigenvalue weighted by Gasteiger charge is 2.23. The molecule has 8 nitrogen and oxygen atoms in total. The van der Waals surface area contributed by atoms with Gasteiger partial charge in [-0.15, -0.1) is 0 Å². The maximum atomic E-state index is 14.8. The fourth-order valence-electron chi connectivity index (χ4n) is 5.28. The average Bonchev–Trinajstić information content (AvgIpc) is 3.42. The van der Waals surface area contributed by atoms with Crippen molar-refractivity contribution in [3.05, 3.63) is 76.3 Å². The standard InChI is InChI=1S/C29H34F2N6O2S/c1-18(2)37-17-22(16-32-37)35-8-10-36(11-9-35)28-15-24-23(12-21(31)13-25(24)29(38)34(28)4)19(3)33-26-7-6-20(30)14-27(26)40(5)39/h6-7,12-19,33H,8-11H2,1-5H3. The number of rotatable bonds is 7. The van der Waals surface area contributed by atoms with Gasteiger partial charge in [0.05, 0.1) is 38.7 Å². The summed E-state index contributed by atoms with van der Waals surface area (Å²) in [6.45, 7) is 8.97. The zero-order valence-corrected chi connectivity index (χ0v) is 24.1. The van der Waals surface area contributed by atoms with Gasteiger partial charge in [-0.05, 0) is 68.1 Å². The second-order valence-corrected chi connectivity index (χ2v) is 11.9. The maximum absolute atomic E-state index is 14.8. The van der Waals surface area contributed by atoms with Crippen LogP contribution in [0, 0.1) is 11.6 Å². The Kier molecular flexibility index (Phi) is 7.67. The van der Waals surface area contributed by atoms with E-state index in [1.165, 1.54) is 36.6 Å². The third kappa shape index (κ3) is 5.34. The summed E-state index contributed by atoms with van der Waals surface area (Å²) in [5.74, 6) is -0.247. The van der Waals surface area contributed by atoms with Crippen LogP contribution in [0.4, 0.5) is 26.0 Å². The Balaban J connectivity index is 1.47. The Bertz CT molecular complexity index is 1640. The van der Waals surface area contributed by atoms with Crippen molar-refractivity contribution < 1.29 is 13.0 Å². The molecule has 0 radical (unpaired) electrons. The van der Waals surface area contributed by atoms with Crippen LogP contribution in [0.2, 0.25) is 0 Å². The first kappa shape index (κ1) is 27.8. The lowest BCUT2D eigenvalue weighted by Crippen LogP contribution is -2.47. The van der Waals surface area contributed by atoms with Crippen molar-refractivity contribution in [2.75, 3.05) is 47.6 Å². The van der Waals surface area contributed by atoms with E-state index in [-0.39, 0.29) is 17.0 Å². The van der Waals surface area contributed by atoms with Gasteiger partial charge in [0.25, 0.3) is 5.56 Å². The summed E-state index contributed by atoms with van der Waals surface area (Å²) >= 11 is 0. The Morgan fingerprint density at radius 2 is 1.65 bits per heavy atom. The first-order chi connectivity index (χ1) is 19.0.